The molecule has 7 nitrogen and oxygen atoms in total. The molecule has 158 valence electrons. The van der Waals surface area contributed by atoms with Crippen LogP contribution in [-0.4, -0.2) is 61.0 Å². The molecule has 2 heterocycles. The molecule has 2 aromatic rings. The van der Waals surface area contributed by atoms with Gasteiger partial charge in [0.15, 0.2) is 0 Å². The maximum absolute atomic E-state index is 12.4. The molecule has 0 atom stereocenters. The first-order valence-corrected chi connectivity index (χ1v) is 10.8. The second-order valence-electron chi connectivity index (χ2n) is 7.25. The van der Waals surface area contributed by atoms with E-state index in [1.54, 1.807) is 6.92 Å². The first-order valence-electron chi connectivity index (χ1n) is 9.99. The van der Waals surface area contributed by atoms with Crippen molar-refractivity contribution in [3.63, 3.8) is 0 Å². The summed E-state index contributed by atoms with van der Waals surface area (Å²) >= 11 is 1.25. The number of aryl methyl sites for hydroxylation is 1. The van der Waals surface area contributed by atoms with Crippen molar-refractivity contribution >= 4 is 28.2 Å². The van der Waals surface area contributed by atoms with Gasteiger partial charge < -0.3 is 10.1 Å². The van der Waals surface area contributed by atoms with Crippen LogP contribution in [0.5, 0.6) is 0 Å². The van der Waals surface area contributed by atoms with Crippen molar-refractivity contribution < 1.29 is 14.3 Å². The Labute approximate surface area is 180 Å². The molecule has 0 radical (unpaired) electrons. The lowest BCUT2D eigenvalue weighted by Gasteiger charge is -2.34. The Morgan fingerprint density at radius 3 is 2.47 bits per heavy atom. The first-order chi connectivity index (χ1) is 14.5. The molecule has 8 heteroatoms. The molecule has 1 saturated heterocycles. The summed E-state index contributed by atoms with van der Waals surface area (Å²) < 4.78 is 5.04. The van der Waals surface area contributed by atoms with Gasteiger partial charge in [0.2, 0.25) is 5.91 Å². The van der Waals surface area contributed by atoms with Crippen LogP contribution in [-0.2, 0) is 16.1 Å². The molecule has 1 aliphatic rings. The summed E-state index contributed by atoms with van der Waals surface area (Å²) in [5, 5.41) is 12.5. The summed E-state index contributed by atoms with van der Waals surface area (Å²) in [5.74, 6) is -0.425. The van der Waals surface area contributed by atoms with Gasteiger partial charge in [0, 0.05) is 32.7 Å². The molecular weight excluding hydrogens is 400 g/mol. The lowest BCUT2D eigenvalue weighted by Crippen LogP contribution is -2.48. The predicted octanol–water partition coefficient (Wildman–Crippen LogP) is 2.86. The van der Waals surface area contributed by atoms with E-state index in [1.165, 1.54) is 16.9 Å². The number of hydrogen-bond donors (Lipinski definition) is 1. The smallest absolute Gasteiger partial charge is 0.348 e. The van der Waals surface area contributed by atoms with Gasteiger partial charge in [-0.25, -0.2) is 4.79 Å². The van der Waals surface area contributed by atoms with E-state index in [2.05, 4.69) is 21.2 Å². The number of carbonyl (C=O) groups is 2. The van der Waals surface area contributed by atoms with Gasteiger partial charge in [-0.1, -0.05) is 12.1 Å². The van der Waals surface area contributed by atoms with Gasteiger partial charge in [-0.3, -0.25) is 14.6 Å². The van der Waals surface area contributed by atoms with Crippen molar-refractivity contribution in [3.8, 4) is 6.07 Å². The Kier molecular flexibility index (Phi) is 7.57. The Balaban J connectivity index is 1.44. The van der Waals surface area contributed by atoms with E-state index >= 15 is 0 Å². The number of amides is 1. The highest BCUT2D eigenvalue weighted by molar-refractivity contribution is 7.18. The number of nitrogens with zero attached hydrogens (tertiary/aromatic N) is 3. The van der Waals surface area contributed by atoms with Gasteiger partial charge in [-0.2, -0.15) is 5.26 Å². The highest BCUT2D eigenvalue weighted by atomic mass is 32.1. The van der Waals surface area contributed by atoms with E-state index < -0.39 is 0 Å². The van der Waals surface area contributed by atoms with Gasteiger partial charge in [0.1, 0.15) is 4.88 Å². The molecule has 0 unspecified atom stereocenters. The normalized spacial score (nSPS) is 14.8. The molecule has 3 rings (SSSR count). The number of nitriles is 1. The van der Waals surface area contributed by atoms with Crippen LogP contribution < -0.4 is 5.32 Å². The zero-order chi connectivity index (χ0) is 21.5. The monoisotopic (exact) mass is 426 g/mol. The third-order valence-electron chi connectivity index (χ3n) is 4.96. The number of piperazine rings is 1. The number of esters is 1. The Morgan fingerprint density at radius 2 is 1.83 bits per heavy atom. The largest absolute Gasteiger partial charge is 0.462 e. The predicted molar refractivity (Wildman–Crippen MR) is 117 cm³/mol. The average Bonchev–Trinajstić information content (AvgIpc) is 3.10. The van der Waals surface area contributed by atoms with E-state index in [4.69, 9.17) is 10.00 Å². The second-order valence-corrected chi connectivity index (χ2v) is 8.30. The summed E-state index contributed by atoms with van der Waals surface area (Å²) in [7, 11) is 0. The van der Waals surface area contributed by atoms with E-state index in [-0.39, 0.29) is 11.9 Å². The van der Waals surface area contributed by atoms with E-state index in [0.29, 0.717) is 28.6 Å². The number of ether oxygens (including phenoxy) is 1. The number of carbonyl (C=O) groups excluding carboxylic acids is 2. The zero-order valence-corrected chi connectivity index (χ0v) is 18.1. The molecule has 0 aliphatic carbocycles. The van der Waals surface area contributed by atoms with Crippen LogP contribution in [0.25, 0.3) is 0 Å². The standard InChI is InChI=1S/C22H26N4O3S/c1-3-29-22(28)21-16(2)12-20(30-21)24-19(27)15-26-10-8-25(9-11-26)14-18-6-4-17(13-23)5-7-18/h4-7,12H,3,8-11,14-15H2,1-2H3,(H,24,27). The van der Waals surface area contributed by atoms with Crippen molar-refractivity contribution in [1.29, 1.82) is 5.26 Å². The quantitative estimate of drug-likeness (QED) is 0.685. The fraction of sp³-hybridized carbons (Fsp3) is 0.409. The van der Waals surface area contributed by atoms with E-state index in [1.807, 2.05) is 37.3 Å². The summed E-state index contributed by atoms with van der Waals surface area (Å²) in [6.07, 6.45) is 0. The summed E-state index contributed by atoms with van der Waals surface area (Å²) in [6, 6.07) is 11.6. The van der Waals surface area contributed by atoms with Crippen LogP contribution in [0.15, 0.2) is 30.3 Å². The Morgan fingerprint density at radius 1 is 1.17 bits per heavy atom. The highest BCUT2D eigenvalue weighted by Gasteiger charge is 2.20. The molecule has 1 aromatic heterocycles. The van der Waals surface area contributed by atoms with Gasteiger partial charge in [0.25, 0.3) is 0 Å². The molecule has 1 amide bonds. The molecule has 0 saturated carbocycles. The fourth-order valence-corrected chi connectivity index (χ4v) is 4.35. The number of anilines is 1. The summed E-state index contributed by atoms with van der Waals surface area (Å²) in [5.41, 5.74) is 2.67. The van der Waals surface area contributed by atoms with Crippen LogP contribution in [0.3, 0.4) is 0 Å². The highest BCUT2D eigenvalue weighted by Crippen LogP contribution is 2.27. The number of rotatable bonds is 7. The molecule has 1 N–H and O–H groups in total. The van der Waals surface area contributed by atoms with Crippen LogP contribution in [0.4, 0.5) is 5.00 Å². The van der Waals surface area contributed by atoms with Crippen LogP contribution in [0.1, 0.15) is 33.3 Å². The van der Waals surface area contributed by atoms with Gasteiger partial charge in [-0.15, -0.1) is 11.3 Å². The van der Waals surface area contributed by atoms with Crippen molar-refractivity contribution in [1.82, 2.24) is 9.80 Å². The van der Waals surface area contributed by atoms with Crippen molar-refractivity contribution in [3.05, 3.63) is 51.9 Å². The molecule has 0 bridgehead atoms. The van der Waals surface area contributed by atoms with Crippen LogP contribution >= 0.6 is 11.3 Å². The van der Waals surface area contributed by atoms with Crippen LogP contribution in [0.2, 0.25) is 0 Å². The minimum Gasteiger partial charge on any atom is -0.462 e. The molecule has 0 spiro atoms. The second kappa shape index (κ2) is 10.3. The van der Waals surface area contributed by atoms with Gasteiger partial charge >= 0.3 is 5.97 Å². The molecule has 1 aliphatic heterocycles. The van der Waals surface area contributed by atoms with E-state index in [0.717, 1.165) is 38.3 Å². The van der Waals surface area contributed by atoms with Gasteiger partial charge in [0.05, 0.1) is 29.8 Å². The molecular formula is C22H26N4O3S. The van der Waals surface area contributed by atoms with Gasteiger partial charge in [-0.05, 0) is 43.2 Å². The summed E-state index contributed by atoms with van der Waals surface area (Å²) in [6.45, 7) is 8.53. The molecule has 1 fully saturated rings. The SMILES string of the molecule is CCOC(=O)c1sc(NC(=O)CN2CCN(Cc3ccc(C#N)cc3)CC2)cc1C. The van der Waals surface area contributed by atoms with Crippen molar-refractivity contribution in [2.45, 2.75) is 20.4 Å². The minimum absolute atomic E-state index is 0.0767. The minimum atomic E-state index is -0.348. The lowest BCUT2D eigenvalue weighted by atomic mass is 10.1. The van der Waals surface area contributed by atoms with Crippen molar-refractivity contribution in [2.75, 3.05) is 44.6 Å². The number of hydrogen-bond acceptors (Lipinski definition) is 7. The maximum atomic E-state index is 12.4. The topological polar surface area (TPSA) is 85.7 Å². The lowest BCUT2D eigenvalue weighted by molar-refractivity contribution is -0.117. The third-order valence-corrected chi connectivity index (χ3v) is 6.10. The zero-order valence-electron chi connectivity index (χ0n) is 17.3. The average molecular weight is 427 g/mol. The fourth-order valence-electron chi connectivity index (χ4n) is 3.37. The van der Waals surface area contributed by atoms with E-state index in [9.17, 15) is 9.59 Å². The van der Waals surface area contributed by atoms with Crippen LogP contribution in [0, 0.1) is 18.3 Å². The molecule has 1 aromatic carbocycles. The summed E-state index contributed by atoms with van der Waals surface area (Å²) in [4.78, 5) is 29.4. The van der Waals surface area contributed by atoms with Crippen molar-refractivity contribution in [2.24, 2.45) is 0 Å². The molecule has 30 heavy (non-hydrogen) atoms. The number of benzene rings is 1. The first kappa shape index (κ1) is 22.0. The Bertz CT molecular complexity index is 925. The maximum Gasteiger partial charge on any atom is 0.348 e. The Hall–Kier alpha value is -2.73. The third kappa shape index (κ3) is 5.89. The number of thiophene rings is 1. The number of nitrogens with one attached hydrogen (secondary N) is 1.